The summed E-state index contributed by atoms with van der Waals surface area (Å²) in [7, 11) is 1.35. The van der Waals surface area contributed by atoms with E-state index in [4.69, 9.17) is 9.84 Å². The number of rotatable bonds is 4. The van der Waals surface area contributed by atoms with Crippen molar-refractivity contribution >= 4 is 11.5 Å². The number of carboxylic acid groups (broad SMARTS) is 1. The zero-order valence-electron chi connectivity index (χ0n) is 11.0. The molecule has 5 heteroatoms. The number of aliphatic carboxylic acids is 1. The third-order valence-corrected chi connectivity index (χ3v) is 2.68. The van der Waals surface area contributed by atoms with Gasteiger partial charge in [0.1, 0.15) is 0 Å². The monoisotopic (exact) mass is 264 g/mol. The number of carboxylic acids is 1. The molecule has 1 rings (SSSR count). The summed E-state index contributed by atoms with van der Waals surface area (Å²) in [5.41, 5.74) is 1.02. The Kier molecular flexibility index (Phi) is 4.58. The molecule has 1 aromatic carbocycles. The lowest BCUT2D eigenvalue weighted by Gasteiger charge is -2.10. The maximum absolute atomic E-state index is 11.2. The molecule has 0 aromatic heterocycles. The number of hydrogen-bond donors (Lipinski definition) is 3. The molecule has 102 valence electrons. The van der Waals surface area contributed by atoms with Gasteiger partial charge in [-0.3, -0.25) is 0 Å². The Morgan fingerprint density at radius 2 is 1.95 bits per heavy atom. The number of allylic oxidation sites excluding steroid dienone is 2. The third kappa shape index (κ3) is 3.07. The van der Waals surface area contributed by atoms with Crippen molar-refractivity contribution in [3.63, 3.8) is 0 Å². The van der Waals surface area contributed by atoms with Gasteiger partial charge in [-0.15, -0.1) is 0 Å². The van der Waals surface area contributed by atoms with Crippen LogP contribution in [-0.2, 0) is 4.79 Å². The van der Waals surface area contributed by atoms with Crippen LogP contribution in [-0.4, -0.2) is 28.4 Å². The maximum atomic E-state index is 11.2. The van der Waals surface area contributed by atoms with E-state index in [1.165, 1.54) is 25.3 Å². The summed E-state index contributed by atoms with van der Waals surface area (Å²) in [6, 6.07) is 2.76. The normalized spacial score (nSPS) is 12.4. The summed E-state index contributed by atoms with van der Waals surface area (Å²) in [6.45, 7) is 3.33. The number of ether oxygens (including phenoxy) is 1. The largest absolute Gasteiger partial charge is 0.504 e. The molecule has 0 saturated carbocycles. The van der Waals surface area contributed by atoms with Gasteiger partial charge in [-0.25, -0.2) is 4.79 Å². The van der Waals surface area contributed by atoms with Gasteiger partial charge in [0.25, 0.3) is 0 Å². The number of methoxy groups -OCH3 is 1. The summed E-state index contributed by atoms with van der Waals surface area (Å²) in [5.74, 6) is -1.72. The molecule has 0 aliphatic rings. The van der Waals surface area contributed by atoms with Crippen molar-refractivity contribution < 1.29 is 24.9 Å². The van der Waals surface area contributed by atoms with E-state index in [0.717, 1.165) is 0 Å². The quantitative estimate of drug-likeness (QED) is 0.442. The Bertz CT molecular complexity index is 555. The number of aromatic hydroxyl groups is 2. The number of hydrogen-bond acceptors (Lipinski definition) is 4. The fourth-order valence-corrected chi connectivity index (χ4v) is 1.64. The van der Waals surface area contributed by atoms with E-state index in [1.54, 1.807) is 19.9 Å². The van der Waals surface area contributed by atoms with Gasteiger partial charge in [-0.1, -0.05) is 12.2 Å². The van der Waals surface area contributed by atoms with Crippen molar-refractivity contribution in [2.75, 3.05) is 7.11 Å². The first kappa shape index (κ1) is 14.6. The molecule has 0 saturated heterocycles. The lowest BCUT2D eigenvalue weighted by Crippen LogP contribution is -2.01. The van der Waals surface area contributed by atoms with Crippen LogP contribution in [0.2, 0.25) is 0 Å². The average molecular weight is 264 g/mol. The average Bonchev–Trinajstić information content (AvgIpc) is 2.37. The highest BCUT2D eigenvalue weighted by molar-refractivity contribution is 5.99. The molecule has 0 fully saturated rings. The molecule has 0 bridgehead atoms. The molecule has 0 unspecified atom stereocenters. The van der Waals surface area contributed by atoms with Crippen LogP contribution in [0.5, 0.6) is 17.2 Å². The first-order valence-corrected chi connectivity index (χ1v) is 5.59. The second-order valence-corrected chi connectivity index (χ2v) is 3.89. The molecule has 0 spiro atoms. The van der Waals surface area contributed by atoms with E-state index in [1.807, 2.05) is 0 Å². The molecular weight excluding hydrogens is 248 g/mol. The molecule has 19 heavy (non-hydrogen) atoms. The topological polar surface area (TPSA) is 87.0 Å². The summed E-state index contributed by atoms with van der Waals surface area (Å²) < 4.78 is 4.92. The zero-order chi connectivity index (χ0) is 14.6. The Morgan fingerprint density at radius 1 is 1.32 bits per heavy atom. The fraction of sp³-hybridized carbons (Fsp3) is 0.214. The van der Waals surface area contributed by atoms with Crippen molar-refractivity contribution in [3.05, 3.63) is 35.4 Å². The van der Waals surface area contributed by atoms with Crippen molar-refractivity contribution in [2.24, 2.45) is 0 Å². The van der Waals surface area contributed by atoms with Gasteiger partial charge in [-0.05, 0) is 37.1 Å². The molecule has 1 aromatic rings. The van der Waals surface area contributed by atoms with Crippen LogP contribution in [0.1, 0.15) is 19.4 Å². The second kappa shape index (κ2) is 5.95. The van der Waals surface area contributed by atoms with Gasteiger partial charge in [0.2, 0.25) is 5.75 Å². The van der Waals surface area contributed by atoms with Crippen molar-refractivity contribution in [3.8, 4) is 17.2 Å². The molecule has 0 heterocycles. The smallest absolute Gasteiger partial charge is 0.335 e. The minimum atomic E-state index is -1.07. The lowest BCUT2D eigenvalue weighted by atomic mass is 10.00. The van der Waals surface area contributed by atoms with Gasteiger partial charge in [-0.2, -0.15) is 0 Å². The third-order valence-electron chi connectivity index (χ3n) is 2.68. The van der Waals surface area contributed by atoms with Gasteiger partial charge in [0, 0.05) is 0 Å². The Morgan fingerprint density at radius 3 is 2.42 bits per heavy atom. The summed E-state index contributed by atoms with van der Waals surface area (Å²) in [5, 5.41) is 28.3. The van der Waals surface area contributed by atoms with Crippen LogP contribution in [0.25, 0.3) is 5.57 Å². The SMILES string of the molecule is CC=CC(C(=O)O)=C(C)c1cc(O)c(O)c(OC)c1. The van der Waals surface area contributed by atoms with E-state index in [-0.39, 0.29) is 22.8 Å². The number of phenols is 2. The summed E-state index contributed by atoms with van der Waals surface area (Å²) in [4.78, 5) is 11.2. The highest BCUT2D eigenvalue weighted by Crippen LogP contribution is 2.38. The van der Waals surface area contributed by atoms with E-state index >= 15 is 0 Å². The fourth-order valence-electron chi connectivity index (χ4n) is 1.64. The number of benzene rings is 1. The number of carbonyl (C=O) groups is 1. The first-order chi connectivity index (χ1) is 8.92. The predicted octanol–water partition coefficient (Wildman–Crippen LogP) is 2.54. The molecular formula is C14H16O5. The van der Waals surface area contributed by atoms with E-state index < -0.39 is 5.97 Å². The molecule has 0 aliphatic heterocycles. The van der Waals surface area contributed by atoms with E-state index in [9.17, 15) is 15.0 Å². The maximum Gasteiger partial charge on any atom is 0.335 e. The highest BCUT2D eigenvalue weighted by Gasteiger charge is 2.14. The van der Waals surface area contributed by atoms with Gasteiger partial charge in [0.05, 0.1) is 12.7 Å². The van der Waals surface area contributed by atoms with Crippen LogP contribution in [0.15, 0.2) is 29.9 Å². The minimum Gasteiger partial charge on any atom is -0.504 e. The predicted molar refractivity (Wildman–Crippen MR) is 71.4 cm³/mol. The Hall–Kier alpha value is -2.43. The molecule has 3 N–H and O–H groups in total. The Balaban J connectivity index is 3.48. The van der Waals surface area contributed by atoms with Gasteiger partial charge < -0.3 is 20.1 Å². The Labute approximate surface area is 111 Å². The van der Waals surface area contributed by atoms with E-state index in [0.29, 0.717) is 11.1 Å². The van der Waals surface area contributed by atoms with Crippen LogP contribution < -0.4 is 4.74 Å². The van der Waals surface area contributed by atoms with Gasteiger partial charge in [0.15, 0.2) is 11.5 Å². The zero-order valence-corrected chi connectivity index (χ0v) is 11.0. The lowest BCUT2D eigenvalue weighted by molar-refractivity contribution is -0.132. The van der Waals surface area contributed by atoms with Crippen LogP contribution in [0, 0.1) is 0 Å². The van der Waals surface area contributed by atoms with Crippen molar-refractivity contribution in [1.82, 2.24) is 0 Å². The molecule has 0 amide bonds. The molecule has 0 atom stereocenters. The summed E-state index contributed by atoms with van der Waals surface area (Å²) in [6.07, 6.45) is 3.08. The molecule has 0 aliphatic carbocycles. The van der Waals surface area contributed by atoms with Crippen LogP contribution in [0.4, 0.5) is 0 Å². The number of phenolic OH excluding ortho intramolecular Hbond substituents is 2. The minimum absolute atomic E-state index is 0.0829. The standard InChI is InChI=1S/C14H16O5/c1-4-5-10(14(17)18)8(2)9-6-11(15)13(16)12(7-9)19-3/h4-7,15-16H,1-3H3,(H,17,18). The van der Waals surface area contributed by atoms with Crippen molar-refractivity contribution in [2.45, 2.75) is 13.8 Å². The van der Waals surface area contributed by atoms with Gasteiger partial charge >= 0.3 is 5.97 Å². The van der Waals surface area contributed by atoms with E-state index in [2.05, 4.69) is 0 Å². The highest BCUT2D eigenvalue weighted by atomic mass is 16.5. The summed E-state index contributed by atoms with van der Waals surface area (Å²) >= 11 is 0. The first-order valence-electron chi connectivity index (χ1n) is 5.59. The molecule has 0 radical (unpaired) electrons. The molecule has 5 nitrogen and oxygen atoms in total. The van der Waals surface area contributed by atoms with Crippen LogP contribution >= 0.6 is 0 Å². The van der Waals surface area contributed by atoms with Crippen molar-refractivity contribution in [1.29, 1.82) is 0 Å². The second-order valence-electron chi connectivity index (χ2n) is 3.89. The van der Waals surface area contributed by atoms with Crippen LogP contribution in [0.3, 0.4) is 0 Å².